The van der Waals surface area contributed by atoms with E-state index in [0.29, 0.717) is 19.6 Å². The molecule has 6 heteroatoms. The molecule has 17 heavy (non-hydrogen) atoms. The van der Waals surface area contributed by atoms with Gasteiger partial charge in [-0.1, -0.05) is 13.8 Å². The molecule has 0 aromatic carbocycles. The van der Waals surface area contributed by atoms with Crippen molar-refractivity contribution in [2.24, 2.45) is 5.92 Å². The van der Waals surface area contributed by atoms with Gasteiger partial charge in [0.15, 0.2) is 0 Å². The van der Waals surface area contributed by atoms with E-state index in [-0.39, 0.29) is 17.8 Å². The largest absolute Gasteiger partial charge is 0.405 e. The predicted molar refractivity (Wildman–Crippen MR) is 66.3 cm³/mol. The van der Waals surface area contributed by atoms with Gasteiger partial charge in [0.25, 0.3) is 0 Å². The Bertz CT molecular complexity index is 243. The van der Waals surface area contributed by atoms with E-state index in [2.05, 4.69) is 12.6 Å². The van der Waals surface area contributed by atoms with E-state index in [1.54, 1.807) is 9.80 Å². The third kappa shape index (κ3) is 4.34. The van der Waals surface area contributed by atoms with Gasteiger partial charge in [-0.25, -0.2) is 0 Å². The lowest BCUT2D eigenvalue weighted by atomic mass is 10.1. The summed E-state index contributed by atoms with van der Waals surface area (Å²) >= 11 is 4.22. The van der Waals surface area contributed by atoms with Crippen LogP contribution in [-0.2, 0) is 0 Å². The zero-order valence-corrected chi connectivity index (χ0v) is 11.4. The third-order valence-electron chi connectivity index (χ3n) is 3.03. The average molecular weight is 270 g/mol. The Morgan fingerprint density at radius 2 is 1.82 bits per heavy atom. The molecule has 1 rings (SSSR count). The fraction of sp³-hybridized carbons (Fsp3) is 1.00. The van der Waals surface area contributed by atoms with Crippen LogP contribution in [0.5, 0.6) is 0 Å². The zero-order valence-electron chi connectivity index (χ0n) is 10.5. The lowest BCUT2D eigenvalue weighted by molar-refractivity contribution is -0.198. The van der Waals surface area contributed by atoms with Gasteiger partial charge in [0, 0.05) is 31.6 Å². The van der Waals surface area contributed by atoms with Gasteiger partial charge in [0.05, 0.1) is 0 Å². The number of piperazine rings is 1. The molecule has 0 bridgehead atoms. The SMILES string of the molecule is CC(C)CN1CCN(C(C)S)C[C@H]1C(F)(F)F. The quantitative estimate of drug-likeness (QED) is 0.787. The van der Waals surface area contributed by atoms with Gasteiger partial charge in [0.1, 0.15) is 6.04 Å². The van der Waals surface area contributed by atoms with E-state index in [9.17, 15) is 13.2 Å². The molecule has 1 saturated heterocycles. The van der Waals surface area contributed by atoms with E-state index in [0.717, 1.165) is 0 Å². The molecule has 0 amide bonds. The van der Waals surface area contributed by atoms with Crippen LogP contribution in [-0.4, -0.2) is 53.6 Å². The minimum Gasteiger partial charge on any atom is -0.290 e. The first-order valence-corrected chi connectivity index (χ1v) is 6.46. The van der Waals surface area contributed by atoms with Crippen LogP contribution >= 0.6 is 12.6 Å². The number of hydrogen-bond donors (Lipinski definition) is 1. The van der Waals surface area contributed by atoms with Crippen molar-refractivity contribution in [1.82, 2.24) is 9.80 Å². The zero-order chi connectivity index (χ0) is 13.2. The summed E-state index contributed by atoms with van der Waals surface area (Å²) in [5, 5.41) is -0.124. The molecular formula is C11H21F3N2S. The maximum atomic E-state index is 13.0. The molecule has 1 unspecified atom stereocenters. The van der Waals surface area contributed by atoms with Gasteiger partial charge < -0.3 is 0 Å². The minimum absolute atomic E-state index is 0.0287. The maximum Gasteiger partial charge on any atom is 0.405 e. The van der Waals surface area contributed by atoms with Crippen LogP contribution in [0, 0.1) is 5.92 Å². The number of rotatable bonds is 3. The molecule has 0 N–H and O–H groups in total. The normalized spacial score (nSPS) is 26.5. The molecule has 1 aliphatic rings. The fourth-order valence-corrected chi connectivity index (χ4v) is 2.39. The average Bonchev–Trinajstić information content (AvgIpc) is 2.15. The predicted octanol–water partition coefficient (Wildman–Crippen LogP) is 2.47. The Morgan fingerprint density at radius 1 is 1.24 bits per heavy atom. The third-order valence-corrected chi connectivity index (χ3v) is 3.36. The Kier molecular flexibility index (Phi) is 5.16. The smallest absolute Gasteiger partial charge is 0.290 e. The highest BCUT2D eigenvalue weighted by molar-refractivity contribution is 7.80. The van der Waals surface area contributed by atoms with Crippen LogP contribution in [0.3, 0.4) is 0 Å². The molecular weight excluding hydrogens is 249 g/mol. The minimum atomic E-state index is -4.16. The van der Waals surface area contributed by atoms with Gasteiger partial charge in [-0.3, -0.25) is 9.80 Å². The topological polar surface area (TPSA) is 6.48 Å². The number of nitrogens with zero attached hydrogens (tertiary/aromatic N) is 2. The van der Waals surface area contributed by atoms with Gasteiger partial charge in [-0.2, -0.15) is 25.8 Å². The molecule has 2 nitrogen and oxygen atoms in total. The lowest BCUT2D eigenvalue weighted by Crippen LogP contribution is -2.60. The molecule has 0 aromatic heterocycles. The van der Waals surface area contributed by atoms with Crippen LogP contribution in [0.1, 0.15) is 20.8 Å². The van der Waals surface area contributed by atoms with Crippen molar-refractivity contribution < 1.29 is 13.2 Å². The Morgan fingerprint density at radius 3 is 2.24 bits per heavy atom. The molecule has 0 radical (unpaired) electrons. The van der Waals surface area contributed by atoms with Gasteiger partial charge in [-0.05, 0) is 12.8 Å². The number of thiol groups is 1. The summed E-state index contributed by atoms with van der Waals surface area (Å²) in [4.78, 5) is 3.33. The molecule has 0 aromatic rings. The molecule has 0 aliphatic carbocycles. The van der Waals surface area contributed by atoms with Crippen LogP contribution < -0.4 is 0 Å². The first-order chi connectivity index (χ1) is 7.71. The van der Waals surface area contributed by atoms with Gasteiger partial charge in [-0.15, -0.1) is 0 Å². The van der Waals surface area contributed by atoms with E-state index in [1.165, 1.54) is 0 Å². The van der Waals surface area contributed by atoms with Crippen molar-refractivity contribution in [3.8, 4) is 0 Å². The lowest BCUT2D eigenvalue weighted by Gasteiger charge is -2.43. The molecule has 2 atom stereocenters. The Balaban J connectivity index is 2.73. The van der Waals surface area contributed by atoms with Crippen LogP contribution in [0.15, 0.2) is 0 Å². The second kappa shape index (κ2) is 5.80. The standard InChI is InChI=1S/C11H21F3N2S/c1-8(2)6-16-5-4-15(9(3)17)7-10(16)11(12,13)14/h8-10,17H,4-7H2,1-3H3/t9?,10-/m0/s1. The Hall–Kier alpha value is 0.0600. The second-order valence-corrected chi connectivity index (χ2v) is 5.82. The summed E-state index contributed by atoms with van der Waals surface area (Å²) in [5.74, 6) is 0.250. The van der Waals surface area contributed by atoms with E-state index < -0.39 is 12.2 Å². The highest BCUT2D eigenvalue weighted by Crippen LogP contribution is 2.29. The highest BCUT2D eigenvalue weighted by atomic mass is 32.1. The van der Waals surface area contributed by atoms with Crippen LogP contribution in [0.2, 0.25) is 0 Å². The molecule has 102 valence electrons. The molecule has 0 spiro atoms. The first kappa shape index (κ1) is 15.1. The van der Waals surface area contributed by atoms with Crippen LogP contribution in [0.4, 0.5) is 13.2 Å². The molecule has 0 saturated carbocycles. The number of hydrogen-bond acceptors (Lipinski definition) is 3. The van der Waals surface area contributed by atoms with Crippen LogP contribution in [0.25, 0.3) is 0 Å². The molecule has 1 heterocycles. The summed E-state index contributed by atoms with van der Waals surface area (Å²) in [6, 6.07) is -1.35. The summed E-state index contributed by atoms with van der Waals surface area (Å²) in [7, 11) is 0. The summed E-state index contributed by atoms with van der Waals surface area (Å²) < 4.78 is 39.0. The molecule has 1 aliphatic heterocycles. The maximum absolute atomic E-state index is 13.0. The van der Waals surface area contributed by atoms with E-state index >= 15 is 0 Å². The molecule has 1 fully saturated rings. The summed E-state index contributed by atoms with van der Waals surface area (Å²) in [6.07, 6.45) is -4.16. The highest BCUT2D eigenvalue weighted by Gasteiger charge is 2.46. The van der Waals surface area contributed by atoms with Crippen molar-refractivity contribution in [2.75, 3.05) is 26.2 Å². The van der Waals surface area contributed by atoms with Crippen molar-refractivity contribution in [2.45, 2.75) is 38.4 Å². The summed E-state index contributed by atoms with van der Waals surface area (Å²) in [5.41, 5.74) is 0. The van der Waals surface area contributed by atoms with E-state index in [1.807, 2.05) is 20.8 Å². The monoisotopic (exact) mass is 270 g/mol. The number of halogens is 3. The van der Waals surface area contributed by atoms with Crippen molar-refractivity contribution in [1.29, 1.82) is 0 Å². The van der Waals surface area contributed by atoms with Crippen molar-refractivity contribution in [3.05, 3.63) is 0 Å². The number of alkyl halides is 3. The second-order valence-electron chi connectivity index (χ2n) is 5.07. The summed E-state index contributed by atoms with van der Waals surface area (Å²) in [6.45, 7) is 7.35. The first-order valence-electron chi connectivity index (χ1n) is 5.94. The van der Waals surface area contributed by atoms with Crippen molar-refractivity contribution >= 4 is 12.6 Å². The van der Waals surface area contributed by atoms with E-state index in [4.69, 9.17) is 0 Å². The van der Waals surface area contributed by atoms with Gasteiger partial charge >= 0.3 is 6.18 Å². The van der Waals surface area contributed by atoms with Gasteiger partial charge in [0.2, 0.25) is 0 Å². The fourth-order valence-electron chi connectivity index (χ4n) is 2.18. The Labute approximate surface area is 107 Å². The van der Waals surface area contributed by atoms with Crippen molar-refractivity contribution in [3.63, 3.8) is 0 Å².